The Bertz CT molecular complexity index is 862. The molecule has 0 aliphatic heterocycles. The van der Waals surface area contributed by atoms with Gasteiger partial charge in [0.05, 0.1) is 17.0 Å². The molecule has 0 saturated carbocycles. The molecule has 3 rings (SSSR count). The Labute approximate surface area is 134 Å². The molecule has 2 aromatic rings. The van der Waals surface area contributed by atoms with E-state index in [1.165, 1.54) is 0 Å². The lowest BCUT2D eigenvalue weighted by Crippen LogP contribution is -2.07. The lowest BCUT2D eigenvalue weighted by Gasteiger charge is -2.01. The second-order valence-electron chi connectivity index (χ2n) is 5.34. The maximum absolute atomic E-state index is 12.4. The maximum atomic E-state index is 12.4. The predicted molar refractivity (Wildman–Crippen MR) is 92.1 cm³/mol. The molecular formula is C19H16N2O2. The Kier molecular flexibility index (Phi) is 3.89. The van der Waals surface area contributed by atoms with Crippen molar-refractivity contribution in [3.63, 3.8) is 0 Å². The molecule has 23 heavy (non-hydrogen) atoms. The predicted octanol–water partition coefficient (Wildman–Crippen LogP) is 4.04. The van der Waals surface area contributed by atoms with Gasteiger partial charge in [0.25, 0.3) is 0 Å². The maximum Gasteiger partial charge on any atom is 0.199 e. The van der Waals surface area contributed by atoms with Gasteiger partial charge in [0.15, 0.2) is 5.78 Å². The largest absolute Gasteiger partial charge is 0.506 e. The summed E-state index contributed by atoms with van der Waals surface area (Å²) in [6.45, 7) is 3.53. The van der Waals surface area contributed by atoms with Gasteiger partial charge in [-0.25, -0.2) is 0 Å². The number of carbonyl (C=O) groups is 1. The number of hydrogen-bond acceptors (Lipinski definition) is 4. The van der Waals surface area contributed by atoms with Crippen LogP contribution in [-0.4, -0.2) is 22.3 Å². The molecule has 4 nitrogen and oxygen atoms in total. The minimum absolute atomic E-state index is 0.0283. The molecule has 1 N–H and O–H groups in total. The molecule has 0 aromatic heterocycles. The molecule has 0 saturated heterocycles. The average Bonchev–Trinajstić information content (AvgIpc) is 2.85. The van der Waals surface area contributed by atoms with E-state index in [9.17, 15) is 9.90 Å². The zero-order valence-electron chi connectivity index (χ0n) is 12.9. The fourth-order valence-corrected chi connectivity index (χ4v) is 2.54. The highest BCUT2D eigenvalue weighted by Gasteiger charge is 2.30. The number of rotatable bonds is 3. The van der Waals surface area contributed by atoms with Gasteiger partial charge in [0.2, 0.25) is 0 Å². The highest BCUT2D eigenvalue weighted by atomic mass is 16.3. The number of fused-ring (bicyclic) bond motifs is 1. The van der Waals surface area contributed by atoms with E-state index < -0.39 is 0 Å². The summed E-state index contributed by atoms with van der Waals surface area (Å²) in [4.78, 5) is 12.4. The number of aliphatic hydroxyl groups is 1. The Morgan fingerprint density at radius 3 is 2.04 bits per heavy atom. The molecule has 0 amide bonds. The van der Waals surface area contributed by atoms with Crippen LogP contribution >= 0.6 is 0 Å². The van der Waals surface area contributed by atoms with Crippen LogP contribution < -0.4 is 0 Å². The summed E-state index contributed by atoms with van der Waals surface area (Å²) in [5.41, 5.74) is 3.37. The number of Topliss-reactive ketones (excluding diaryl/α,β-unsaturated/α-hetero) is 1. The molecule has 0 heterocycles. The summed E-state index contributed by atoms with van der Waals surface area (Å²) in [5, 5.41) is 18.6. The van der Waals surface area contributed by atoms with E-state index >= 15 is 0 Å². The number of aliphatic hydroxyl groups excluding tert-OH is 1. The molecule has 2 aromatic carbocycles. The normalized spacial score (nSPS) is 15.1. The van der Waals surface area contributed by atoms with Crippen LogP contribution in [0, 0.1) is 0 Å². The van der Waals surface area contributed by atoms with Gasteiger partial charge in [-0.05, 0) is 19.4 Å². The van der Waals surface area contributed by atoms with Gasteiger partial charge >= 0.3 is 0 Å². The second-order valence-corrected chi connectivity index (χ2v) is 5.34. The molecular weight excluding hydrogens is 288 g/mol. The first-order chi connectivity index (χ1) is 11.1. The molecule has 0 fully saturated rings. The third-order valence-corrected chi connectivity index (χ3v) is 3.79. The van der Waals surface area contributed by atoms with E-state index in [1.54, 1.807) is 31.2 Å². The number of nitrogens with zero attached hydrogens (tertiary/aromatic N) is 2. The number of hydrogen-bond donors (Lipinski definition) is 1. The van der Waals surface area contributed by atoms with Crippen LogP contribution in [0.25, 0.3) is 5.76 Å². The first kappa shape index (κ1) is 14.9. The molecule has 0 radical (unpaired) electrons. The van der Waals surface area contributed by atoms with Crippen LogP contribution in [0.15, 0.2) is 70.4 Å². The van der Waals surface area contributed by atoms with Crippen LogP contribution in [0.2, 0.25) is 0 Å². The Morgan fingerprint density at radius 2 is 1.39 bits per heavy atom. The molecule has 0 spiro atoms. The monoisotopic (exact) mass is 304 g/mol. The van der Waals surface area contributed by atoms with Gasteiger partial charge < -0.3 is 5.11 Å². The standard InChI is InChI=1S/C19H16N2O2/c1-12(14-8-4-3-5-9-14)20-21-13(2)17-18(22)15-10-6-7-11-16(15)19(17)23/h3-11,22H,1-2H3/b20-12-,21-13+. The van der Waals surface area contributed by atoms with E-state index in [4.69, 9.17) is 0 Å². The van der Waals surface area contributed by atoms with Crippen molar-refractivity contribution in [2.75, 3.05) is 0 Å². The minimum Gasteiger partial charge on any atom is -0.506 e. The summed E-state index contributed by atoms with van der Waals surface area (Å²) in [6.07, 6.45) is 0. The van der Waals surface area contributed by atoms with E-state index in [0.29, 0.717) is 16.8 Å². The molecule has 1 aliphatic rings. The lowest BCUT2D eigenvalue weighted by molar-refractivity contribution is 0.104. The van der Waals surface area contributed by atoms with Gasteiger partial charge in [-0.2, -0.15) is 10.2 Å². The van der Waals surface area contributed by atoms with Gasteiger partial charge in [0.1, 0.15) is 5.76 Å². The summed E-state index contributed by atoms with van der Waals surface area (Å²) in [5.74, 6) is -0.244. The first-order valence-electron chi connectivity index (χ1n) is 7.31. The minimum atomic E-state index is -0.216. The van der Waals surface area contributed by atoms with Crippen molar-refractivity contribution in [2.45, 2.75) is 13.8 Å². The third-order valence-electron chi connectivity index (χ3n) is 3.79. The summed E-state index contributed by atoms with van der Waals surface area (Å²) in [6, 6.07) is 16.7. The Morgan fingerprint density at radius 1 is 0.826 bits per heavy atom. The number of benzene rings is 2. The molecule has 0 atom stereocenters. The van der Waals surface area contributed by atoms with E-state index in [-0.39, 0.29) is 17.1 Å². The zero-order valence-corrected chi connectivity index (χ0v) is 12.9. The van der Waals surface area contributed by atoms with Crippen molar-refractivity contribution in [2.24, 2.45) is 10.2 Å². The average molecular weight is 304 g/mol. The van der Waals surface area contributed by atoms with Crippen LogP contribution in [0.1, 0.15) is 35.3 Å². The van der Waals surface area contributed by atoms with Gasteiger partial charge in [-0.3, -0.25) is 4.79 Å². The van der Waals surface area contributed by atoms with Gasteiger partial charge in [-0.1, -0.05) is 54.6 Å². The van der Waals surface area contributed by atoms with E-state index in [1.807, 2.05) is 37.3 Å². The molecule has 1 aliphatic carbocycles. The fourth-order valence-electron chi connectivity index (χ4n) is 2.54. The summed E-state index contributed by atoms with van der Waals surface area (Å²) in [7, 11) is 0. The van der Waals surface area contributed by atoms with Crippen LogP contribution in [0.3, 0.4) is 0 Å². The molecule has 0 bridgehead atoms. The second kappa shape index (κ2) is 6.01. The Balaban J connectivity index is 1.94. The highest BCUT2D eigenvalue weighted by Crippen LogP contribution is 2.31. The zero-order chi connectivity index (χ0) is 16.4. The summed E-state index contributed by atoms with van der Waals surface area (Å²) >= 11 is 0. The molecule has 0 unspecified atom stereocenters. The fraction of sp³-hybridized carbons (Fsp3) is 0.105. The van der Waals surface area contributed by atoms with Crippen molar-refractivity contribution in [3.8, 4) is 0 Å². The third kappa shape index (κ3) is 2.71. The SMILES string of the molecule is C/C(=N/N=C(\C)C1=C(O)c2ccccc2C1=O)c1ccccc1. The van der Waals surface area contributed by atoms with Crippen molar-refractivity contribution in [3.05, 3.63) is 76.9 Å². The van der Waals surface area contributed by atoms with Gasteiger partial charge in [-0.15, -0.1) is 0 Å². The van der Waals surface area contributed by atoms with Crippen LogP contribution in [-0.2, 0) is 0 Å². The van der Waals surface area contributed by atoms with Crippen molar-refractivity contribution in [1.82, 2.24) is 0 Å². The number of ketones is 1. The summed E-state index contributed by atoms with van der Waals surface area (Å²) < 4.78 is 0. The van der Waals surface area contributed by atoms with Crippen LogP contribution in [0.5, 0.6) is 0 Å². The van der Waals surface area contributed by atoms with Crippen LogP contribution in [0.4, 0.5) is 0 Å². The number of allylic oxidation sites excluding steroid dienone is 1. The quantitative estimate of drug-likeness (QED) is 0.687. The molecule has 4 heteroatoms. The molecule has 114 valence electrons. The van der Waals surface area contributed by atoms with Gasteiger partial charge in [0, 0.05) is 11.1 Å². The Hall–Kier alpha value is -3.01. The topological polar surface area (TPSA) is 62.0 Å². The highest BCUT2D eigenvalue weighted by molar-refractivity contribution is 6.35. The van der Waals surface area contributed by atoms with Crippen molar-refractivity contribution in [1.29, 1.82) is 0 Å². The number of carbonyl (C=O) groups excluding carboxylic acids is 1. The van der Waals surface area contributed by atoms with Crippen molar-refractivity contribution >= 4 is 23.0 Å². The lowest BCUT2D eigenvalue weighted by atomic mass is 10.1. The van der Waals surface area contributed by atoms with E-state index in [0.717, 1.165) is 11.3 Å². The van der Waals surface area contributed by atoms with Crippen molar-refractivity contribution < 1.29 is 9.90 Å². The smallest absolute Gasteiger partial charge is 0.199 e. The van der Waals surface area contributed by atoms with E-state index in [2.05, 4.69) is 10.2 Å². The first-order valence-corrected chi connectivity index (χ1v) is 7.31.